The van der Waals surface area contributed by atoms with Crippen LogP contribution in [0.15, 0.2) is 0 Å². The summed E-state index contributed by atoms with van der Waals surface area (Å²) in [5.74, 6) is -0.918. The van der Waals surface area contributed by atoms with E-state index in [0.29, 0.717) is 45.9 Å². The van der Waals surface area contributed by atoms with E-state index in [4.69, 9.17) is 9.47 Å². The van der Waals surface area contributed by atoms with Gasteiger partial charge in [-0.2, -0.15) is 0 Å². The summed E-state index contributed by atoms with van der Waals surface area (Å²) in [6, 6.07) is 0. The molecular weight excluding hydrogens is 338 g/mol. The van der Waals surface area contributed by atoms with Crippen LogP contribution in [0.4, 0.5) is 0 Å². The molecule has 3 aliphatic rings. The standard InChI is InChI=1S/C18H29N3O5/c1-14(26-13-15-5-4-12-25-15)16(22)20-8-10-21(11-9-20)18(24)17(23)19-6-2-3-7-19/h14-15H,2-13H2,1H3. The Morgan fingerprint density at radius 2 is 1.50 bits per heavy atom. The molecule has 146 valence electrons. The second-order valence-corrected chi connectivity index (χ2v) is 7.23. The van der Waals surface area contributed by atoms with Crippen LogP contribution in [0, 0.1) is 0 Å². The number of nitrogens with zero attached hydrogens (tertiary/aromatic N) is 3. The van der Waals surface area contributed by atoms with Crippen molar-refractivity contribution in [3.63, 3.8) is 0 Å². The van der Waals surface area contributed by atoms with Crippen molar-refractivity contribution in [2.45, 2.75) is 44.8 Å². The van der Waals surface area contributed by atoms with Gasteiger partial charge < -0.3 is 24.2 Å². The molecule has 3 aliphatic heterocycles. The average molecular weight is 367 g/mol. The van der Waals surface area contributed by atoms with Crippen LogP contribution >= 0.6 is 0 Å². The molecule has 0 radical (unpaired) electrons. The topological polar surface area (TPSA) is 79.4 Å². The molecule has 8 heteroatoms. The van der Waals surface area contributed by atoms with Crippen molar-refractivity contribution in [2.75, 3.05) is 52.5 Å². The minimum Gasteiger partial charge on any atom is -0.376 e. The molecule has 0 aromatic heterocycles. The van der Waals surface area contributed by atoms with E-state index >= 15 is 0 Å². The summed E-state index contributed by atoms with van der Waals surface area (Å²) < 4.78 is 11.2. The van der Waals surface area contributed by atoms with E-state index < -0.39 is 17.9 Å². The predicted molar refractivity (Wildman–Crippen MR) is 93.4 cm³/mol. The fourth-order valence-electron chi connectivity index (χ4n) is 3.68. The normalized spacial score (nSPS) is 24.8. The van der Waals surface area contributed by atoms with Crippen molar-refractivity contribution < 1.29 is 23.9 Å². The third-order valence-corrected chi connectivity index (χ3v) is 5.36. The molecule has 0 aromatic rings. The van der Waals surface area contributed by atoms with Gasteiger partial charge in [-0.05, 0) is 32.6 Å². The van der Waals surface area contributed by atoms with Crippen LogP contribution in [0.25, 0.3) is 0 Å². The lowest BCUT2D eigenvalue weighted by molar-refractivity contribution is -0.155. The number of likely N-dealkylation sites (tertiary alicyclic amines) is 1. The lowest BCUT2D eigenvalue weighted by atomic mass is 10.2. The van der Waals surface area contributed by atoms with E-state index in [-0.39, 0.29) is 12.0 Å². The largest absolute Gasteiger partial charge is 0.376 e. The Morgan fingerprint density at radius 1 is 0.923 bits per heavy atom. The van der Waals surface area contributed by atoms with Crippen LogP contribution in [0.3, 0.4) is 0 Å². The van der Waals surface area contributed by atoms with Gasteiger partial charge in [0.1, 0.15) is 6.10 Å². The lowest BCUT2D eigenvalue weighted by Gasteiger charge is -2.36. The quantitative estimate of drug-likeness (QED) is 0.647. The van der Waals surface area contributed by atoms with Crippen molar-refractivity contribution in [1.29, 1.82) is 0 Å². The minimum absolute atomic E-state index is 0.0686. The van der Waals surface area contributed by atoms with E-state index in [0.717, 1.165) is 32.3 Å². The summed E-state index contributed by atoms with van der Waals surface area (Å²) in [6.07, 6.45) is 3.52. The Hall–Kier alpha value is -1.67. The SMILES string of the molecule is CC(OCC1CCCO1)C(=O)N1CCN(C(=O)C(=O)N2CCCC2)CC1. The fraction of sp³-hybridized carbons (Fsp3) is 0.833. The van der Waals surface area contributed by atoms with Gasteiger partial charge >= 0.3 is 11.8 Å². The van der Waals surface area contributed by atoms with E-state index in [1.165, 1.54) is 0 Å². The van der Waals surface area contributed by atoms with Crippen molar-refractivity contribution in [3.05, 3.63) is 0 Å². The second-order valence-electron chi connectivity index (χ2n) is 7.23. The first-order valence-electron chi connectivity index (χ1n) is 9.66. The van der Waals surface area contributed by atoms with Gasteiger partial charge in [0, 0.05) is 45.9 Å². The van der Waals surface area contributed by atoms with Gasteiger partial charge in [0.2, 0.25) is 0 Å². The molecule has 0 spiro atoms. The van der Waals surface area contributed by atoms with Gasteiger partial charge in [0.05, 0.1) is 12.7 Å². The Bertz CT molecular complexity index is 521. The minimum atomic E-state index is -0.521. The van der Waals surface area contributed by atoms with Gasteiger partial charge in [0.15, 0.2) is 0 Å². The Kier molecular flexibility index (Phi) is 6.48. The van der Waals surface area contributed by atoms with Crippen molar-refractivity contribution in [1.82, 2.24) is 14.7 Å². The molecule has 0 saturated carbocycles. The van der Waals surface area contributed by atoms with Crippen LogP contribution in [0.1, 0.15) is 32.6 Å². The van der Waals surface area contributed by atoms with E-state index in [9.17, 15) is 14.4 Å². The van der Waals surface area contributed by atoms with E-state index in [1.807, 2.05) is 0 Å². The van der Waals surface area contributed by atoms with E-state index in [1.54, 1.807) is 21.6 Å². The Labute approximate surface area is 154 Å². The molecule has 0 N–H and O–H groups in total. The summed E-state index contributed by atoms with van der Waals surface area (Å²) in [4.78, 5) is 41.9. The van der Waals surface area contributed by atoms with Crippen LogP contribution in [0.2, 0.25) is 0 Å². The molecule has 0 bridgehead atoms. The first kappa shape index (κ1) is 19.1. The zero-order chi connectivity index (χ0) is 18.5. The van der Waals surface area contributed by atoms with Crippen LogP contribution in [-0.4, -0.2) is 97.1 Å². The van der Waals surface area contributed by atoms with Gasteiger partial charge in [-0.15, -0.1) is 0 Å². The molecule has 0 aromatic carbocycles. The molecule has 3 heterocycles. The molecule has 8 nitrogen and oxygen atoms in total. The Balaban J connectivity index is 1.41. The highest BCUT2D eigenvalue weighted by atomic mass is 16.5. The van der Waals surface area contributed by atoms with Crippen LogP contribution in [0.5, 0.6) is 0 Å². The molecule has 3 saturated heterocycles. The number of hydrogen-bond donors (Lipinski definition) is 0. The molecule has 0 aliphatic carbocycles. The molecular formula is C18H29N3O5. The molecule has 3 amide bonds. The predicted octanol–water partition coefficient (Wildman–Crippen LogP) is -0.136. The number of hydrogen-bond acceptors (Lipinski definition) is 5. The Morgan fingerprint density at radius 3 is 2.08 bits per heavy atom. The molecule has 3 rings (SSSR count). The van der Waals surface area contributed by atoms with Crippen LogP contribution < -0.4 is 0 Å². The monoisotopic (exact) mass is 367 g/mol. The third-order valence-electron chi connectivity index (χ3n) is 5.36. The highest BCUT2D eigenvalue weighted by molar-refractivity contribution is 6.35. The second kappa shape index (κ2) is 8.81. The number of piperazine rings is 1. The molecule has 2 unspecified atom stereocenters. The number of carbonyl (C=O) groups excluding carboxylic acids is 3. The lowest BCUT2D eigenvalue weighted by Crippen LogP contribution is -2.55. The maximum Gasteiger partial charge on any atom is 0.312 e. The zero-order valence-corrected chi connectivity index (χ0v) is 15.5. The van der Waals surface area contributed by atoms with Crippen molar-refractivity contribution in [3.8, 4) is 0 Å². The van der Waals surface area contributed by atoms with Gasteiger partial charge in [0.25, 0.3) is 5.91 Å². The summed E-state index contributed by atoms with van der Waals surface area (Å²) in [5, 5.41) is 0. The number of rotatable bonds is 4. The number of amides is 3. The molecule has 3 fully saturated rings. The molecule has 26 heavy (non-hydrogen) atoms. The summed E-state index contributed by atoms with van der Waals surface area (Å²) in [6.45, 7) is 5.96. The number of carbonyl (C=O) groups is 3. The fourth-order valence-corrected chi connectivity index (χ4v) is 3.68. The zero-order valence-electron chi connectivity index (χ0n) is 15.5. The first-order chi connectivity index (χ1) is 12.6. The summed E-state index contributed by atoms with van der Waals surface area (Å²) in [5.41, 5.74) is 0. The number of ether oxygens (including phenoxy) is 2. The maximum atomic E-state index is 12.5. The van der Waals surface area contributed by atoms with Gasteiger partial charge in [-0.3, -0.25) is 14.4 Å². The average Bonchev–Trinajstić information content (AvgIpc) is 3.38. The summed E-state index contributed by atoms with van der Waals surface area (Å²) >= 11 is 0. The first-order valence-corrected chi connectivity index (χ1v) is 9.66. The highest BCUT2D eigenvalue weighted by Crippen LogP contribution is 2.14. The molecule has 2 atom stereocenters. The van der Waals surface area contributed by atoms with Gasteiger partial charge in [-0.1, -0.05) is 0 Å². The maximum absolute atomic E-state index is 12.5. The van der Waals surface area contributed by atoms with Gasteiger partial charge in [-0.25, -0.2) is 0 Å². The smallest absolute Gasteiger partial charge is 0.312 e. The van der Waals surface area contributed by atoms with Crippen molar-refractivity contribution >= 4 is 17.7 Å². The van der Waals surface area contributed by atoms with Crippen molar-refractivity contribution in [2.24, 2.45) is 0 Å². The van der Waals surface area contributed by atoms with E-state index in [2.05, 4.69) is 0 Å². The third kappa shape index (κ3) is 4.54. The van der Waals surface area contributed by atoms with Crippen LogP contribution in [-0.2, 0) is 23.9 Å². The summed E-state index contributed by atoms with van der Waals surface area (Å²) in [7, 11) is 0. The highest BCUT2D eigenvalue weighted by Gasteiger charge is 2.33.